The molecule has 0 fully saturated rings. The van der Waals surface area contributed by atoms with Gasteiger partial charge >= 0.3 is 12.1 Å². The average Bonchev–Trinajstić information content (AvgIpc) is 3.01. The lowest BCUT2D eigenvalue weighted by molar-refractivity contribution is -0.206. The predicted molar refractivity (Wildman–Crippen MR) is 94.4 cm³/mol. The number of fused-ring (bicyclic) bond motifs is 3. The van der Waals surface area contributed by atoms with Crippen LogP contribution in [0.5, 0.6) is 0 Å². The van der Waals surface area contributed by atoms with E-state index < -0.39 is 29.9 Å². The summed E-state index contributed by atoms with van der Waals surface area (Å²) >= 11 is 0. The number of aliphatic hydroxyl groups is 1. The summed E-state index contributed by atoms with van der Waals surface area (Å²) in [5, 5.41) is 9.40. The maximum absolute atomic E-state index is 12.7. The number of ether oxygens (including phenoxy) is 1. The van der Waals surface area contributed by atoms with Crippen molar-refractivity contribution in [2.24, 2.45) is 0 Å². The van der Waals surface area contributed by atoms with Crippen LogP contribution >= 0.6 is 0 Å². The van der Waals surface area contributed by atoms with Crippen LogP contribution in [0.3, 0.4) is 0 Å². The first-order valence-electron chi connectivity index (χ1n) is 8.46. The van der Waals surface area contributed by atoms with Gasteiger partial charge in [-0.2, -0.15) is 13.2 Å². The second-order valence-corrected chi connectivity index (χ2v) is 6.38. The molecule has 1 aromatic heterocycles. The van der Waals surface area contributed by atoms with E-state index in [2.05, 4.69) is 4.98 Å². The van der Waals surface area contributed by atoms with Crippen LogP contribution in [-0.4, -0.2) is 22.2 Å². The Morgan fingerprint density at radius 1 is 1.00 bits per heavy atom. The number of carbonyl (C=O) groups excluding carboxylic acids is 1. The molecule has 0 aliphatic heterocycles. The Labute approximate surface area is 158 Å². The molecule has 1 unspecified atom stereocenters. The Hall–Kier alpha value is -3.19. The highest BCUT2D eigenvalue weighted by Gasteiger charge is 2.40. The first kappa shape index (κ1) is 18.2. The summed E-state index contributed by atoms with van der Waals surface area (Å²) in [6.45, 7) is 0. The van der Waals surface area contributed by atoms with Crippen LogP contribution in [0.4, 0.5) is 13.2 Å². The average molecular weight is 385 g/mol. The third-order valence-corrected chi connectivity index (χ3v) is 4.62. The molecule has 0 saturated carbocycles. The summed E-state index contributed by atoms with van der Waals surface area (Å²) in [5.74, 6) is -0.868. The minimum absolute atomic E-state index is 0.303. The summed E-state index contributed by atoms with van der Waals surface area (Å²) in [6.07, 6.45) is -7.18. The van der Waals surface area contributed by atoms with Gasteiger partial charge in [0.25, 0.3) is 0 Å². The van der Waals surface area contributed by atoms with Crippen molar-refractivity contribution in [2.45, 2.75) is 18.4 Å². The van der Waals surface area contributed by atoms with Gasteiger partial charge in [0.2, 0.25) is 0 Å². The molecule has 4 rings (SSSR count). The Bertz CT molecular complexity index is 1000. The molecule has 3 aromatic rings. The summed E-state index contributed by atoms with van der Waals surface area (Å²) < 4.78 is 43.8. The van der Waals surface area contributed by atoms with Crippen LogP contribution in [-0.2, 0) is 4.74 Å². The van der Waals surface area contributed by atoms with Crippen LogP contribution in [0.15, 0.2) is 66.9 Å². The molecule has 142 valence electrons. The highest BCUT2D eigenvalue weighted by Crippen LogP contribution is 2.45. The molecule has 1 atom stereocenters. The number of hydrogen-bond acceptors (Lipinski definition) is 4. The van der Waals surface area contributed by atoms with Crippen molar-refractivity contribution >= 4 is 5.97 Å². The van der Waals surface area contributed by atoms with E-state index in [0.29, 0.717) is 0 Å². The minimum Gasteiger partial charge on any atom is -0.448 e. The summed E-state index contributed by atoms with van der Waals surface area (Å²) in [5.41, 5.74) is 2.69. The number of rotatable bonds is 3. The third-order valence-electron chi connectivity index (χ3n) is 4.62. The topological polar surface area (TPSA) is 59.4 Å². The van der Waals surface area contributed by atoms with E-state index in [-0.39, 0.29) is 5.69 Å². The Kier molecular flexibility index (Phi) is 4.39. The Morgan fingerprint density at radius 3 is 2.14 bits per heavy atom. The SMILES string of the molecule is O=C(OC1c2ccccc2-c2ccccc21)c1cc(C(O)C(F)(F)F)ccn1. The van der Waals surface area contributed by atoms with E-state index in [1.54, 1.807) is 0 Å². The number of aromatic nitrogens is 1. The number of aliphatic hydroxyl groups excluding tert-OH is 1. The van der Waals surface area contributed by atoms with Crippen LogP contribution in [0.2, 0.25) is 0 Å². The first-order valence-corrected chi connectivity index (χ1v) is 8.46. The molecule has 1 aliphatic rings. The number of nitrogens with zero attached hydrogens (tertiary/aromatic N) is 1. The minimum atomic E-state index is -4.84. The molecule has 0 bridgehead atoms. The van der Waals surface area contributed by atoms with Crippen molar-refractivity contribution < 1.29 is 27.8 Å². The predicted octanol–water partition coefficient (Wildman–Crippen LogP) is 4.60. The van der Waals surface area contributed by atoms with Gasteiger partial charge in [-0.3, -0.25) is 0 Å². The van der Waals surface area contributed by atoms with Crippen molar-refractivity contribution in [3.05, 3.63) is 89.2 Å². The second kappa shape index (κ2) is 6.76. The van der Waals surface area contributed by atoms with Gasteiger partial charge in [0.1, 0.15) is 5.69 Å². The van der Waals surface area contributed by atoms with Gasteiger partial charge in [0, 0.05) is 17.3 Å². The fourth-order valence-electron chi connectivity index (χ4n) is 3.32. The number of pyridine rings is 1. The van der Waals surface area contributed by atoms with Gasteiger partial charge in [-0.1, -0.05) is 48.5 Å². The summed E-state index contributed by atoms with van der Waals surface area (Å²) in [4.78, 5) is 16.4. The Morgan fingerprint density at radius 2 is 1.57 bits per heavy atom. The fraction of sp³-hybridized carbons (Fsp3) is 0.143. The smallest absolute Gasteiger partial charge is 0.418 e. The van der Waals surface area contributed by atoms with Crippen LogP contribution in [0.1, 0.15) is 39.4 Å². The van der Waals surface area contributed by atoms with E-state index in [9.17, 15) is 23.1 Å². The zero-order chi connectivity index (χ0) is 19.9. The second-order valence-electron chi connectivity index (χ2n) is 6.38. The molecule has 2 aromatic carbocycles. The highest BCUT2D eigenvalue weighted by atomic mass is 19.4. The number of halogens is 3. The van der Waals surface area contributed by atoms with E-state index in [0.717, 1.165) is 40.6 Å². The van der Waals surface area contributed by atoms with Gasteiger partial charge in [-0.15, -0.1) is 0 Å². The monoisotopic (exact) mass is 385 g/mol. The maximum atomic E-state index is 12.7. The van der Waals surface area contributed by atoms with E-state index in [4.69, 9.17) is 4.74 Å². The molecule has 1 heterocycles. The molecule has 7 heteroatoms. The van der Waals surface area contributed by atoms with Crippen LogP contribution in [0.25, 0.3) is 11.1 Å². The molecule has 28 heavy (non-hydrogen) atoms. The van der Waals surface area contributed by atoms with Crippen molar-refractivity contribution in [1.82, 2.24) is 4.98 Å². The fourth-order valence-corrected chi connectivity index (χ4v) is 3.32. The van der Waals surface area contributed by atoms with Crippen LogP contribution in [0, 0.1) is 0 Å². The largest absolute Gasteiger partial charge is 0.448 e. The number of hydrogen-bond donors (Lipinski definition) is 1. The molecular weight excluding hydrogens is 371 g/mol. The van der Waals surface area contributed by atoms with Gasteiger partial charge in [0.15, 0.2) is 12.2 Å². The zero-order valence-electron chi connectivity index (χ0n) is 14.4. The van der Waals surface area contributed by atoms with E-state index in [1.165, 1.54) is 0 Å². The van der Waals surface area contributed by atoms with Gasteiger partial charge < -0.3 is 9.84 Å². The van der Waals surface area contributed by atoms with Gasteiger partial charge in [-0.25, -0.2) is 9.78 Å². The molecule has 1 aliphatic carbocycles. The molecule has 0 radical (unpaired) electrons. The standard InChI is InChI=1S/C21H14F3NO3/c22-21(23,24)19(26)12-9-10-25-17(11-12)20(27)28-18-15-7-3-1-5-13(15)14-6-2-4-8-16(14)18/h1-11,18-19,26H. The van der Waals surface area contributed by atoms with Gasteiger partial charge in [0.05, 0.1) is 0 Å². The lowest BCUT2D eigenvalue weighted by atomic mass is 10.1. The van der Waals surface area contributed by atoms with Crippen molar-refractivity contribution in [3.8, 4) is 11.1 Å². The van der Waals surface area contributed by atoms with Crippen molar-refractivity contribution in [2.75, 3.05) is 0 Å². The lowest BCUT2D eigenvalue weighted by Crippen LogP contribution is -2.21. The molecule has 0 saturated heterocycles. The molecular formula is C21H14F3NO3. The normalized spacial score (nSPS) is 14.3. The van der Waals surface area contributed by atoms with Gasteiger partial charge in [-0.05, 0) is 28.8 Å². The molecule has 0 amide bonds. The summed E-state index contributed by atoms with van der Waals surface area (Å²) in [6, 6.07) is 16.8. The lowest BCUT2D eigenvalue weighted by Gasteiger charge is -2.17. The quantitative estimate of drug-likeness (QED) is 0.670. The van der Waals surface area contributed by atoms with Crippen molar-refractivity contribution in [3.63, 3.8) is 0 Å². The first-order chi connectivity index (χ1) is 13.4. The van der Waals surface area contributed by atoms with Crippen LogP contribution < -0.4 is 0 Å². The highest BCUT2D eigenvalue weighted by molar-refractivity contribution is 5.89. The molecule has 4 nitrogen and oxygen atoms in total. The van der Waals surface area contributed by atoms with E-state index >= 15 is 0 Å². The number of alkyl halides is 3. The van der Waals surface area contributed by atoms with E-state index in [1.807, 2.05) is 48.5 Å². The summed E-state index contributed by atoms with van der Waals surface area (Å²) in [7, 11) is 0. The Balaban J connectivity index is 1.65. The van der Waals surface area contributed by atoms with Crippen molar-refractivity contribution in [1.29, 1.82) is 0 Å². The number of benzene rings is 2. The third kappa shape index (κ3) is 3.14. The number of esters is 1. The maximum Gasteiger partial charge on any atom is 0.418 e. The zero-order valence-corrected chi connectivity index (χ0v) is 14.4. The molecule has 1 N–H and O–H groups in total. The number of carbonyl (C=O) groups is 1. The molecule has 0 spiro atoms.